The fourth-order valence-corrected chi connectivity index (χ4v) is 1.27. The maximum Gasteiger partial charge on any atom is 0.169 e. The SMILES string of the molecule is O=Cc1ncc(F)c2ccccc12. The Morgan fingerprint density at radius 2 is 1.92 bits per heavy atom. The van der Waals surface area contributed by atoms with Crippen LogP contribution >= 0.6 is 0 Å². The summed E-state index contributed by atoms with van der Waals surface area (Å²) in [5.74, 6) is -0.402. The lowest BCUT2D eigenvalue weighted by molar-refractivity contribution is 0.112. The summed E-state index contributed by atoms with van der Waals surface area (Å²) in [5.41, 5.74) is 0.275. The normalized spacial score (nSPS) is 10.2. The van der Waals surface area contributed by atoms with Crippen molar-refractivity contribution in [2.24, 2.45) is 0 Å². The van der Waals surface area contributed by atoms with Crippen LogP contribution in [-0.4, -0.2) is 11.3 Å². The zero-order valence-electron chi connectivity index (χ0n) is 6.70. The molecule has 1 aromatic heterocycles. The number of carbonyl (C=O) groups excluding carboxylic acids is 1. The first kappa shape index (κ1) is 7.86. The third-order valence-electron chi connectivity index (χ3n) is 1.89. The van der Waals surface area contributed by atoms with Crippen molar-refractivity contribution in [2.45, 2.75) is 0 Å². The molecule has 1 heterocycles. The van der Waals surface area contributed by atoms with Crippen molar-refractivity contribution in [1.29, 1.82) is 0 Å². The molecule has 0 saturated heterocycles. The van der Waals surface area contributed by atoms with E-state index in [-0.39, 0.29) is 5.69 Å². The molecular weight excluding hydrogens is 169 g/mol. The summed E-state index contributed by atoms with van der Waals surface area (Å²) in [6.07, 6.45) is 1.69. The first-order valence-corrected chi connectivity index (χ1v) is 3.81. The standard InChI is InChI=1S/C10H6FNO/c11-9-5-12-10(6-13)8-4-2-1-3-7(8)9/h1-6H. The van der Waals surface area contributed by atoms with Crippen LogP contribution in [0.5, 0.6) is 0 Å². The van der Waals surface area contributed by atoms with Crippen LogP contribution in [0.25, 0.3) is 10.8 Å². The van der Waals surface area contributed by atoms with E-state index in [1.807, 2.05) is 0 Å². The third-order valence-corrected chi connectivity index (χ3v) is 1.89. The van der Waals surface area contributed by atoms with E-state index in [0.717, 1.165) is 6.20 Å². The Labute approximate surface area is 74.0 Å². The minimum absolute atomic E-state index is 0.275. The summed E-state index contributed by atoms with van der Waals surface area (Å²) in [7, 11) is 0. The highest BCUT2D eigenvalue weighted by Gasteiger charge is 2.04. The number of aldehydes is 1. The quantitative estimate of drug-likeness (QED) is 0.622. The Bertz CT molecular complexity index is 467. The average molecular weight is 175 g/mol. The summed E-state index contributed by atoms with van der Waals surface area (Å²) in [5, 5.41) is 0.983. The van der Waals surface area contributed by atoms with Crippen molar-refractivity contribution >= 4 is 17.1 Å². The number of nitrogens with zero attached hydrogens (tertiary/aromatic N) is 1. The van der Waals surface area contributed by atoms with Gasteiger partial charge >= 0.3 is 0 Å². The van der Waals surface area contributed by atoms with Gasteiger partial charge in [-0.2, -0.15) is 0 Å². The Balaban J connectivity index is 2.92. The Hall–Kier alpha value is -1.77. The first-order valence-electron chi connectivity index (χ1n) is 3.81. The molecule has 3 heteroatoms. The van der Waals surface area contributed by atoms with E-state index < -0.39 is 5.82 Å². The van der Waals surface area contributed by atoms with Crippen LogP contribution in [0.1, 0.15) is 10.5 Å². The highest BCUT2D eigenvalue weighted by Crippen LogP contribution is 2.18. The molecule has 0 unspecified atom stereocenters. The van der Waals surface area contributed by atoms with Crippen molar-refractivity contribution in [2.75, 3.05) is 0 Å². The highest BCUT2D eigenvalue weighted by molar-refractivity contribution is 5.96. The van der Waals surface area contributed by atoms with Gasteiger partial charge in [0, 0.05) is 10.8 Å². The number of halogens is 1. The van der Waals surface area contributed by atoms with E-state index >= 15 is 0 Å². The van der Waals surface area contributed by atoms with Gasteiger partial charge in [0.1, 0.15) is 11.5 Å². The van der Waals surface area contributed by atoms with Crippen molar-refractivity contribution in [3.05, 3.63) is 42.0 Å². The van der Waals surface area contributed by atoms with Gasteiger partial charge in [0.15, 0.2) is 6.29 Å². The number of benzene rings is 1. The second kappa shape index (κ2) is 2.94. The molecule has 0 radical (unpaired) electrons. The molecule has 0 N–H and O–H groups in total. The number of hydrogen-bond donors (Lipinski definition) is 0. The lowest BCUT2D eigenvalue weighted by Crippen LogP contribution is -1.91. The lowest BCUT2D eigenvalue weighted by atomic mass is 10.1. The van der Waals surface area contributed by atoms with E-state index in [2.05, 4.69) is 4.98 Å². The van der Waals surface area contributed by atoms with Gasteiger partial charge in [-0.1, -0.05) is 24.3 Å². The fraction of sp³-hybridized carbons (Fsp3) is 0. The van der Waals surface area contributed by atoms with E-state index in [1.165, 1.54) is 0 Å². The molecule has 2 aromatic rings. The molecule has 0 amide bonds. The predicted octanol–water partition coefficient (Wildman–Crippen LogP) is 2.19. The topological polar surface area (TPSA) is 30.0 Å². The van der Waals surface area contributed by atoms with Crippen LogP contribution < -0.4 is 0 Å². The molecule has 0 aliphatic carbocycles. The van der Waals surface area contributed by atoms with Gasteiger partial charge in [0.2, 0.25) is 0 Å². The Morgan fingerprint density at radius 1 is 1.23 bits per heavy atom. The van der Waals surface area contributed by atoms with Crippen LogP contribution in [0.15, 0.2) is 30.5 Å². The number of pyridine rings is 1. The van der Waals surface area contributed by atoms with Gasteiger partial charge in [0.25, 0.3) is 0 Å². The van der Waals surface area contributed by atoms with Gasteiger partial charge in [0.05, 0.1) is 6.20 Å². The van der Waals surface area contributed by atoms with Crippen LogP contribution in [0.4, 0.5) is 4.39 Å². The molecule has 0 aliphatic rings. The zero-order valence-corrected chi connectivity index (χ0v) is 6.70. The molecule has 0 spiro atoms. The molecule has 2 nitrogen and oxygen atoms in total. The van der Waals surface area contributed by atoms with E-state index in [9.17, 15) is 9.18 Å². The molecule has 13 heavy (non-hydrogen) atoms. The van der Waals surface area contributed by atoms with Gasteiger partial charge in [-0.3, -0.25) is 4.79 Å². The summed E-state index contributed by atoms with van der Waals surface area (Å²) in [4.78, 5) is 14.2. The third kappa shape index (κ3) is 1.18. The van der Waals surface area contributed by atoms with Crippen molar-refractivity contribution < 1.29 is 9.18 Å². The molecule has 0 saturated carbocycles. The number of fused-ring (bicyclic) bond motifs is 1. The maximum absolute atomic E-state index is 13.1. The van der Waals surface area contributed by atoms with Crippen molar-refractivity contribution in [3.63, 3.8) is 0 Å². The van der Waals surface area contributed by atoms with Gasteiger partial charge in [-0.15, -0.1) is 0 Å². The summed E-state index contributed by atoms with van der Waals surface area (Å²) in [6, 6.07) is 6.77. The lowest BCUT2D eigenvalue weighted by Gasteiger charge is -1.99. The van der Waals surface area contributed by atoms with Crippen LogP contribution in [-0.2, 0) is 0 Å². The summed E-state index contributed by atoms with van der Waals surface area (Å²) >= 11 is 0. The largest absolute Gasteiger partial charge is 0.296 e. The average Bonchev–Trinajstić information content (AvgIpc) is 2.19. The van der Waals surface area contributed by atoms with Crippen molar-refractivity contribution in [3.8, 4) is 0 Å². The highest BCUT2D eigenvalue weighted by atomic mass is 19.1. The smallest absolute Gasteiger partial charge is 0.169 e. The summed E-state index contributed by atoms with van der Waals surface area (Å²) < 4.78 is 13.1. The predicted molar refractivity (Wildman–Crippen MR) is 47.1 cm³/mol. The molecular formula is C10H6FNO. The number of rotatable bonds is 1. The molecule has 1 aromatic carbocycles. The summed E-state index contributed by atoms with van der Waals surface area (Å²) in [6.45, 7) is 0. The fourth-order valence-electron chi connectivity index (χ4n) is 1.27. The monoisotopic (exact) mass is 175 g/mol. The number of aromatic nitrogens is 1. The van der Waals surface area contributed by atoms with Gasteiger partial charge in [-0.25, -0.2) is 9.37 Å². The maximum atomic E-state index is 13.1. The number of hydrogen-bond acceptors (Lipinski definition) is 2. The van der Waals surface area contributed by atoms with E-state index in [0.29, 0.717) is 17.1 Å². The van der Waals surface area contributed by atoms with E-state index in [1.54, 1.807) is 24.3 Å². The second-order valence-electron chi connectivity index (χ2n) is 2.65. The second-order valence-corrected chi connectivity index (χ2v) is 2.65. The molecule has 0 aliphatic heterocycles. The van der Waals surface area contributed by atoms with Crippen LogP contribution in [0.3, 0.4) is 0 Å². The van der Waals surface area contributed by atoms with Gasteiger partial charge in [-0.05, 0) is 0 Å². The minimum atomic E-state index is -0.402. The molecule has 0 fully saturated rings. The Morgan fingerprint density at radius 3 is 2.62 bits per heavy atom. The molecule has 0 bridgehead atoms. The zero-order chi connectivity index (χ0) is 9.26. The van der Waals surface area contributed by atoms with Crippen molar-refractivity contribution in [1.82, 2.24) is 4.98 Å². The Kier molecular flexibility index (Phi) is 1.77. The molecule has 0 atom stereocenters. The molecule has 64 valence electrons. The van der Waals surface area contributed by atoms with Gasteiger partial charge < -0.3 is 0 Å². The number of carbonyl (C=O) groups is 1. The molecule has 2 rings (SSSR count). The van der Waals surface area contributed by atoms with E-state index in [4.69, 9.17) is 0 Å². The van der Waals surface area contributed by atoms with Crippen LogP contribution in [0.2, 0.25) is 0 Å². The minimum Gasteiger partial charge on any atom is -0.296 e. The van der Waals surface area contributed by atoms with Crippen LogP contribution in [0, 0.1) is 5.82 Å². The first-order chi connectivity index (χ1) is 6.33.